The number of benzene rings is 2. The second kappa shape index (κ2) is 9.79. The highest BCUT2D eigenvalue weighted by molar-refractivity contribution is 7.20. The number of hydrogen-bond acceptors (Lipinski definition) is 6. The average Bonchev–Trinajstić information content (AvgIpc) is 3.44. The van der Waals surface area contributed by atoms with Crippen molar-refractivity contribution in [3.05, 3.63) is 117 Å². The van der Waals surface area contributed by atoms with Gasteiger partial charge in [-0.15, -0.1) is 13.2 Å². The number of aryl methyl sites for hydroxylation is 1. The molecule has 0 aliphatic carbocycles. The molecule has 0 radical (unpaired) electrons. The summed E-state index contributed by atoms with van der Waals surface area (Å²) >= 11 is 1.36. The van der Waals surface area contributed by atoms with E-state index in [1.807, 2.05) is 54.6 Å². The van der Waals surface area contributed by atoms with Crippen molar-refractivity contribution < 1.29 is 17.9 Å². The molecule has 0 N–H and O–H groups in total. The molecule has 0 aliphatic heterocycles. The average molecular weight is 564 g/mol. The number of rotatable bonds is 6. The van der Waals surface area contributed by atoms with Crippen LogP contribution in [0.15, 0.2) is 88.5 Å². The van der Waals surface area contributed by atoms with E-state index in [4.69, 9.17) is 0 Å². The molecule has 0 saturated heterocycles. The van der Waals surface area contributed by atoms with Gasteiger partial charge in [0.15, 0.2) is 0 Å². The quantitative estimate of drug-likeness (QED) is 0.276. The maximum atomic E-state index is 14.0. The van der Waals surface area contributed by atoms with Crippen molar-refractivity contribution in [3.8, 4) is 11.0 Å². The topological polar surface area (TPSA) is 83.9 Å². The van der Waals surface area contributed by atoms with E-state index >= 15 is 0 Å². The number of thiazole rings is 1. The molecule has 0 fully saturated rings. The number of hydrogen-bond donors (Lipinski definition) is 0. The first-order valence-corrected chi connectivity index (χ1v) is 13.0. The Balaban J connectivity index is 1.53. The molecule has 12 heteroatoms. The van der Waals surface area contributed by atoms with E-state index < -0.39 is 17.8 Å². The fourth-order valence-corrected chi connectivity index (χ4v) is 5.65. The summed E-state index contributed by atoms with van der Waals surface area (Å²) < 4.78 is 47.4. The van der Waals surface area contributed by atoms with Gasteiger partial charge >= 0.3 is 6.36 Å². The van der Waals surface area contributed by atoms with Gasteiger partial charge in [0.05, 0.1) is 39.9 Å². The van der Waals surface area contributed by atoms with Gasteiger partial charge in [0, 0.05) is 17.8 Å². The molecular formula is C28H20F3N5O3S. The highest BCUT2D eigenvalue weighted by atomic mass is 32.1. The fraction of sp³-hybridized carbons (Fsp3) is 0.143. The number of nitrogens with zero attached hydrogens (tertiary/aromatic N) is 5. The Bertz CT molecular complexity index is 1960. The Labute approximate surface area is 228 Å². The van der Waals surface area contributed by atoms with Crippen LogP contribution < -0.4 is 15.9 Å². The predicted molar refractivity (Wildman–Crippen MR) is 145 cm³/mol. The van der Waals surface area contributed by atoms with Crippen molar-refractivity contribution in [2.24, 2.45) is 0 Å². The highest BCUT2D eigenvalue weighted by Crippen LogP contribution is 2.27. The molecule has 40 heavy (non-hydrogen) atoms. The van der Waals surface area contributed by atoms with Gasteiger partial charge in [-0.05, 0) is 30.7 Å². The SMILES string of the molecule is Cc1c2c(=O)n(-c3nc4ccccc4s3)n(Cc3ccccc3)c2cc(=O)n1Cc1cccc(OC(F)(F)F)n1. The Morgan fingerprint density at radius 3 is 2.40 bits per heavy atom. The van der Waals surface area contributed by atoms with Crippen LogP contribution >= 0.6 is 11.3 Å². The standard InChI is InChI=1S/C28H20F3N5O3S/c1-17-25-21(14-24(37)34(17)16-19-10-7-13-23(32-19)39-28(29,30)31)35(15-18-8-3-2-4-9-18)36(26(25)38)27-33-20-11-5-6-12-22(20)40-27/h2-14H,15-16H2,1H3. The number of ether oxygens (including phenoxy) is 1. The molecule has 6 aromatic rings. The zero-order valence-electron chi connectivity index (χ0n) is 20.9. The monoisotopic (exact) mass is 563 g/mol. The van der Waals surface area contributed by atoms with E-state index in [1.54, 1.807) is 11.6 Å². The Kier molecular flexibility index (Phi) is 6.26. The van der Waals surface area contributed by atoms with Crippen molar-refractivity contribution in [2.45, 2.75) is 26.4 Å². The number of para-hydroxylation sites is 1. The van der Waals surface area contributed by atoms with Crippen molar-refractivity contribution in [1.29, 1.82) is 0 Å². The molecule has 0 aliphatic rings. The van der Waals surface area contributed by atoms with Gasteiger partial charge in [0.25, 0.3) is 11.1 Å². The lowest BCUT2D eigenvalue weighted by atomic mass is 10.2. The van der Waals surface area contributed by atoms with Gasteiger partial charge in [0.1, 0.15) is 0 Å². The Hall–Kier alpha value is -4.71. The largest absolute Gasteiger partial charge is 0.574 e. The van der Waals surface area contributed by atoms with Gasteiger partial charge in [-0.1, -0.05) is 59.9 Å². The van der Waals surface area contributed by atoms with E-state index in [0.717, 1.165) is 21.8 Å². The summed E-state index contributed by atoms with van der Waals surface area (Å²) in [5, 5.41) is 0.757. The van der Waals surface area contributed by atoms with Crippen LogP contribution in [0.1, 0.15) is 17.0 Å². The zero-order chi connectivity index (χ0) is 28.0. The van der Waals surface area contributed by atoms with Crippen LogP contribution in [0.2, 0.25) is 0 Å². The second-order valence-electron chi connectivity index (χ2n) is 9.05. The van der Waals surface area contributed by atoms with Crippen LogP contribution in [-0.2, 0) is 13.1 Å². The number of halogens is 3. The summed E-state index contributed by atoms with van der Waals surface area (Å²) in [6.07, 6.45) is -4.90. The molecule has 0 saturated carbocycles. The molecule has 202 valence electrons. The van der Waals surface area contributed by atoms with Crippen molar-refractivity contribution in [3.63, 3.8) is 0 Å². The number of fused-ring (bicyclic) bond motifs is 2. The molecule has 0 atom stereocenters. The maximum Gasteiger partial charge on any atom is 0.574 e. The molecule has 4 heterocycles. The summed E-state index contributed by atoms with van der Waals surface area (Å²) in [5.41, 5.74) is 1.82. The van der Waals surface area contributed by atoms with Crippen molar-refractivity contribution in [2.75, 3.05) is 0 Å². The van der Waals surface area contributed by atoms with E-state index in [9.17, 15) is 22.8 Å². The Morgan fingerprint density at radius 2 is 1.65 bits per heavy atom. The Morgan fingerprint density at radius 1 is 0.900 bits per heavy atom. The minimum Gasteiger partial charge on any atom is -0.388 e. The predicted octanol–water partition coefficient (Wildman–Crippen LogP) is 5.26. The van der Waals surface area contributed by atoms with Crippen LogP contribution in [0.5, 0.6) is 5.88 Å². The van der Waals surface area contributed by atoms with Crippen LogP contribution in [0.3, 0.4) is 0 Å². The number of alkyl halides is 3. The minimum absolute atomic E-state index is 0.153. The highest BCUT2D eigenvalue weighted by Gasteiger charge is 2.32. The lowest BCUT2D eigenvalue weighted by Crippen LogP contribution is -2.24. The molecule has 0 bridgehead atoms. The van der Waals surface area contributed by atoms with Crippen LogP contribution in [0, 0.1) is 6.92 Å². The smallest absolute Gasteiger partial charge is 0.388 e. The third-order valence-corrected chi connectivity index (χ3v) is 7.45. The van der Waals surface area contributed by atoms with E-state index in [-0.39, 0.29) is 17.8 Å². The summed E-state index contributed by atoms with van der Waals surface area (Å²) in [6, 6.07) is 22.4. The molecule has 0 amide bonds. The minimum atomic E-state index is -4.90. The lowest BCUT2D eigenvalue weighted by molar-refractivity contribution is -0.276. The van der Waals surface area contributed by atoms with Gasteiger partial charge in [0.2, 0.25) is 11.0 Å². The zero-order valence-corrected chi connectivity index (χ0v) is 21.7. The van der Waals surface area contributed by atoms with Crippen molar-refractivity contribution >= 4 is 32.5 Å². The third kappa shape index (κ3) is 4.77. The molecule has 0 unspecified atom stereocenters. The maximum absolute atomic E-state index is 14.0. The van der Waals surface area contributed by atoms with Crippen LogP contribution in [0.4, 0.5) is 13.2 Å². The first-order chi connectivity index (χ1) is 19.2. The van der Waals surface area contributed by atoms with Gasteiger partial charge in [-0.3, -0.25) is 14.3 Å². The summed E-state index contributed by atoms with van der Waals surface area (Å²) in [6.45, 7) is 1.79. The van der Waals surface area contributed by atoms with Gasteiger partial charge in [-0.25, -0.2) is 9.97 Å². The fourth-order valence-electron chi connectivity index (χ4n) is 4.68. The molecule has 4 aromatic heterocycles. The first kappa shape index (κ1) is 25.6. The third-order valence-electron chi connectivity index (χ3n) is 6.44. The van der Waals surface area contributed by atoms with Gasteiger partial charge < -0.3 is 9.30 Å². The molecule has 6 rings (SSSR count). The van der Waals surface area contributed by atoms with Crippen LogP contribution in [0.25, 0.3) is 26.3 Å². The number of aromatic nitrogens is 5. The van der Waals surface area contributed by atoms with E-state index in [2.05, 4.69) is 14.7 Å². The van der Waals surface area contributed by atoms with E-state index in [0.29, 0.717) is 28.3 Å². The van der Waals surface area contributed by atoms with E-state index in [1.165, 1.54) is 38.8 Å². The number of pyridine rings is 2. The molecular weight excluding hydrogens is 543 g/mol. The molecule has 8 nitrogen and oxygen atoms in total. The summed E-state index contributed by atoms with van der Waals surface area (Å²) in [7, 11) is 0. The summed E-state index contributed by atoms with van der Waals surface area (Å²) in [4.78, 5) is 35.9. The second-order valence-corrected chi connectivity index (χ2v) is 10.1. The van der Waals surface area contributed by atoms with Crippen molar-refractivity contribution in [1.82, 2.24) is 23.9 Å². The first-order valence-electron chi connectivity index (χ1n) is 12.2. The van der Waals surface area contributed by atoms with Crippen LogP contribution in [-0.4, -0.2) is 30.3 Å². The van der Waals surface area contributed by atoms with Gasteiger partial charge in [-0.2, -0.15) is 4.68 Å². The summed E-state index contributed by atoms with van der Waals surface area (Å²) in [5.74, 6) is -0.635. The molecule has 2 aromatic carbocycles. The molecule has 0 spiro atoms. The lowest BCUT2D eigenvalue weighted by Gasteiger charge is -2.13. The normalized spacial score (nSPS) is 11.9.